The number of methoxy groups -OCH3 is 3. The van der Waals surface area contributed by atoms with Crippen LogP contribution in [0.15, 0.2) is 42.5 Å². The van der Waals surface area contributed by atoms with E-state index >= 15 is 0 Å². The number of hydrogen-bond donors (Lipinski definition) is 1. The standard InChI is InChI=1S/C18H18O5/c1-21-16-11-9-13(17(22-2)18(16)23-3)15(20)10-8-12-6-4-5-7-14(12)19/h4-11,19H,1-3H3. The van der Waals surface area contributed by atoms with Crippen molar-refractivity contribution in [3.8, 4) is 23.0 Å². The third kappa shape index (κ3) is 3.45. The minimum atomic E-state index is -0.272. The van der Waals surface area contributed by atoms with Crippen molar-refractivity contribution in [3.63, 3.8) is 0 Å². The quantitative estimate of drug-likeness (QED) is 0.654. The van der Waals surface area contributed by atoms with Crippen molar-refractivity contribution >= 4 is 11.9 Å². The molecule has 0 fully saturated rings. The van der Waals surface area contributed by atoms with Gasteiger partial charge >= 0.3 is 0 Å². The Morgan fingerprint density at radius 1 is 0.957 bits per heavy atom. The number of phenols is 1. The van der Waals surface area contributed by atoms with Crippen molar-refractivity contribution < 1.29 is 24.1 Å². The molecular weight excluding hydrogens is 296 g/mol. The average molecular weight is 314 g/mol. The topological polar surface area (TPSA) is 65.0 Å². The molecule has 2 aromatic rings. The summed E-state index contributed by atoms with van der Waals surface area (Å²) in [5.41, 5.74) is 0.900. The predicted molar refractivity (Wildman–Crippen MR) is 87.6 cm³/mol. The Hall–Kier alpha value is -2.95. The second kappa shape index (κ2) is 7.35. The number of allylic oxidation sites excluding steroid dienone is 1. The highest BCUT2D eigenvalue weighted by atomic mass is 16.5. The molecule has 0 bridgehead atoms. The molecule has 120 valence electrons. The Morgan fingerprint density at radius 2 is 1.65 bits per heavy atom. The number of para-hydroxylation sites is 1. The first-order valence-electron chi connectivity index (χ1n) is 6.91. The summed E-state index contributed by atoms with van der Waals surface area (Å²) in [5, 5.41) is 9.72. The molecule has 2 aromatic carbocycles. The van der Waals surface area contributed by atoms with Crippen LogP contribution in [0.1, 0.15) is 15.9 Å². The zero-order chi connectivity index (χ0) is 16.8. The summed E-state index contributed by atoms with van der Waals surface area (Å²) in [6.45, 7) is 0. The van der Waals surface area contributed by atoms with Crippen molar-refractivity contribution in [2.24, 2.45) is 0 Å². The summed E-state index contributed by atoms with van der Waals surface area (Å²) in [7, 11) is 4.45. The summed E-state index contributed by atoms with van der Waals surface area (Å²) >= 11 is 0. The van der Waals surface area contributed by atoms with Gasteiger partial charge in [0.05, 0.1) is 26.9 Å². The maximum absolute atomic E-state index is 12.4. The third-order valence-electron chi connectivity index (χ3n) is 3.32. The molecule has 0 spiro atoms. The molecule has 0 atom stereocenters. The summed E-state index contributed by atoms with van der Waals surface area (Å²) in [6.07, 6.45) is 2.92. The Balaban J connectivity index is 2.38. The van der Waals surface area contributed by atoms with Crippen LogP contribution in [0.3, 0.4) is 0 Å². The highest BCUT2D eigenvalue weighted by molar-refractivity contribution is 6.09. The second-order valence-corrected chi connectivity index (χ2v) is 4.64. The van der Waals surface area contributed by atoms with Gasteiger partial charge in [0.25, 0.3) is 0 Å². The first kappa shape index (κ1) is 16.4. The zero-order valence-corrected chi connectivity index (χ0v) is 13.2. The van der Waals surface area contributed by atoms with Crippen molar-refractivity contribution in [3.05, 3.63) is 53.6 Å². The fraction of sp³-hybridized carbons (Fsp3) is 0.167. The van der Waals surface area contributed by atoms with Gasteiger partial charge in [-0.25, -0.2) is 0 Å². The summed E-state index contributed by atoms with van der Waals surface area (Å²) in [6, 6.07) is 10.0. The van der Waals surface area contributed by atoms with Gasteiger partial charge in [-0.2, -0.15) is 0 Å². The van der Waals surface area contributed by atoms with Crippen LogP contribution >= 0.6 is 0 Å². The lowest BCUT2D eigenvalue weighted by Crippen LogP contribution is -2.02. The van der Waals surface area contributed by atoms with Crippen molar-refractivity contribution in [1.82, 2.24) is 0 Å². The van der Waals surface area contributed by atoms with Crippen LogP contribution in [-0.2, 0) is 0 Å². The Morgan fingerprint density at radius 3 is 2.26 bits per heavy atom. The fourth-order valence-electron chi connectivity index (χ4n) is 2.18. The van der Waals surface area contributed by atoms with E-state index in [0.29, 0.717) is 28.4 Å². The molecular formula is C18H18O5. The molecule has 23 heavy (non-hydrogen) atoms. The lowest BCUT2D eigenvalue weighted by Gasteiger charge is -2.14. The largest absolute Gasteiger partial charge is 0.507 e. The van der Waals surface area contributed by atoms with Gasteiger partial charge in [-0.05, 0) is 30.4 Å². The molecule has 0 saturated carbocycles. The minimum Gasteiger partial charge on any atom is -0.507 e. The van der Waals surface area contributed by atoms with Crippen LogP contribution in [0.25, 0.3) is 6.08 Å². The average Bonchev–Trinajstić information content (AvgIpc) is 2.59. The highest BCUT2D eigenvalue weighted by Crippen LogP contribution is 2.40. The number of hydrogen-bond acceptors (Lipinski definition) is 5. The number of ketones is 1. The summed E-state index contributed by atoms with van der Waals surface area (Å²) < 4.78 is 15.8. The van der Waals surface area contributed by atoms with E-state index in [1.54, 1.807) is 42.5 Å². The third-order valence-corrected chi connectivity index (χ3v) is 3.32. The Kier molecular flexibility index (Phi) is 5.25. The van der Waals surface area contributed by atoms with Crippen molar-refractivity contribution in [2.45, 2.75) is 0 Å². The normalized spacial score (nSPS) is 10.6. The molecule has 0 unspecified atom stereocenters. The number of rotatable bonds is 6. The van der Waals surface area contributed by atoms with E-state index in [1.807, 2.05) is 0 Å². The van der Waals surface area contributed by atoms with Gasteiger partial charge in [0.1, 0.15) is 5.75 Å². The van der Waals surface area contributed by atoms with Gasteiger partial charge in [0.15, 0.2) is 17.3 Å². The van der Waals surface area contributed by atoms with Gasteiger partial charge in [0, 0.05) is 5.56 Å². The van der Waals surface area contributed by atoms with Crippen LogP contribution in [0, 0.1) is 0 Å². The van der Waals surface area contributed by atoms with Gasteiger partial charge in [-0.3, -0.25) is 4.79 Å². The Labute approximate surface area is 134 Å². The van der Waals surface area contributed by atoms with E-state index in [-0.39, 0.29) is 11.5 Å². The smallest absolute Gasteiger partial charge is 0.204 e. The molecule has 2 rings (SSSR count). The van der Waals surface area contributed by atoms with E-state index in [1.165, 1.54) is 27.4 Å². The predicted octanol–water partition coefficient (Wildman–Crippen LogP) is 3.31. The van der Waals surface area contributed by atoms with Gasteiger partial charge < -0.3 is 19.3 Å². The lowest BCUT2D eigenvalue weighted by atomic mass is 10.1. The number of benzene rings is 2. The monoisotopic (exact) mass is 314 g/mol. The van der Waals surface area contributed by atoms with Crippen LogP contribution in [0.2, 0.25) is 0 Å². The number of ether oxygens (including phenoxy) is 3. The van der Waals surface area contributed by atoms with Crippen molar-refractivity contribution in [1.29, 1.82) is 0 Å². The molecule has 5 heteroatoms. The molecule has 0 aliphatic heterocycles. The zero-order valence-electron chi connectivity index (χ0n) is 13.2. The van der Waals surface area contributed by atoms with Crippen LogP contribution in [-0.4, -0.2) is 32.2 Å². The molecule has 0 heterocycles. The van der Waals surface area contributed by atoms with E-state index in [4.69, 9.17) is 14.2 Å². The van der Waals surface area contributed by atoms with Crippen LogP contribution in [0.4, 0.5) is 0 Å². The molecule has 0 saturated heterocycles. The number of phenolic OH excluding ortho intramolecular Hbond substituents is 1. The van der Waals surface area contributed by atoms with E-state index in [2.05, 4.69) is 0 Å². The summed E-state index contributed by atoms with van der Waals surface area (Å²) in [4.78, 5) is 12.4. The van der Waals surface area contributed by atoms with E-state index in [9.17, 15) is 9.90 Å². The van der Waals surface area contributed by atoms with Gasteiger partial charge in [0.2, 0.25) is 5.75 Å². The maximum Gasteiger partial charge on any atom is 0.204 e. The van der Waals surface area contributed by atoms with Gasteiger partial charge in [-0.15, -0.1) is 0 Å². The molecule has 0 aliphatic carbocycles. The molecule has 1 N–H and O–H groups in total. The number of aromatic hydroxyl groups is 1. The molecule has 5 nitrogen and oxygen atoms in total. The first-order valence-corrected chi connectivity index (χ1v) is 6.91. The summed E-state index contributed by atoms with van der Waals surface area (Å²) in [5.74, 6) is 0.975. The fourth-order valence-corrected chi connectivity index (χ4v) is 2.18. The Bertz CT molecular complexity index is 734. The SMILES string of the molecule is COc1ccc(C(=O)C=Cc2ccccc2O)c(OC)c1OC. The van der Waals surface area contributed by atoms with E-state index < -0.39 is 0 Å². The minimum absolute atomic E-state index is 0.107. The molecule has 0 aliphatic rings. The molecule has 0 aromatic heterocycles. The number of carbonyl (C=O) groups excluding carboxylic acids is 1. The first-order chi connectivity index (χ1) is 11.1. The van der Waals surface area contributed by atoms with Crippen molar-refractivity contribution in [2.75, 3.05) is 21.3 Å². The lowest BCUT2D eigenvalue weighted by molar-refractivity contribution is 0.104. The molecule has 0 radical (unpaired) electrons. The highest BCUT2D eigenvalue weighted by Gasteiger charge is 2.19. The van der Waals surface area contributed by atoms with Crippen LogP contribution in [0.5, 0.6) is 23.0 Å². The maximum atomic E-state index is 12.4. The number of carbonyl (C=O) groups is 1. The van der Waals surface area contributed by atoms with Gasteiger partial charge in [-0.1, -0.05) is 18.2 Å². The molecule has 0 amide bonds. The second-order valence-electron chi connectivity index (χ2n) is 4.64. The van der Waals surface area contributed by atoms with Crippen LogP contribution < -0.4 is 14.2 Å². The van der Waals surface area contributed by atoms with E-state index in [0.717, 1.165) is 0 Å².